The molecule has 50 heavy (non-hydrogen) atoms. The molecule has 0 amide bonds. The summed E-state index contributed by atoms with van der Waals surface area (Å²) < 4.78 is 9.91. The average molecular weight is 713 g/mol. The van der Waals surface area contributed by atoms with E-state index in [1.807, 2.05) is 45.9 Å². The number of nitrogens with one attached hydrogen (secondary N) is 1. The van der Waals surface area contributed by atoms with E-state index in [0.29, 0.717) is 59.4 Å². The normalized spacial score (nSPS) is 13.6. The molecule has 1 aliphatic carbocycles. The van der Waals surface area contributed by atoms with Gasteiger partial charge in [0.2, 0.25) is 0 Å². The molecule has 0 spiro atoms. The number of hydrogen-bond acceptors (Lipinski definition) is 8. The largest absolute Gasteiger partial charge is 2.00 e. The van der Waals surface area contributed by atoms with E-state index >= 15 is 0 Å². The zero-order valence-corrected chi connectivity index (χ0v) is 30.2. The van der Waals surface area contributed by atoms with Gasteiger partial charge in [0.25, 0.3) is 0 Å². The number of methoxy groups -OCH3 is 2. The number of hydrogen-bond donors (Lipinski definition) is 1. The van der Waals surface area contributed by atoms with Crippen LogP contribution in [-0.2, 0) is 48.4 Å². The van der Waals surface area contributed by atoms with Gasteiger partial charge >= 0.3 is 28.4 Å². The van der Waals surface area contributed by atoms with Crippen molar-refractivity contribution in [3.8, 4) is 6.07 Å². The standard InChI is InChI=1S/C39H38N6O4.Ni/c1-8-23-19(3)30-15-28-20(4)25(10-12-34(46)48-6)32(42-28)17-33-26(11-13-35(47)49-7)21(5)29(43-33)16-31-24(9-2)36-37(41)22(18-40)14-27(38(23)44-30)39(36)45-31;/h14-17H,8-13H2,1-7H3,(H-2,41,42,43,44,45);/q-2;+2. The van der Waals surface area contributed by atoms with Crippen molar-refractivity contribution in [1.29, 1.82) is 10.7 Å². The van der Waals surface area contributed by atoms with Crippen LogP contribution < -0.4 is 9.97 Å². The maximum Gasteiger partial charge on any atom is 2.00 e. The van der Waals surface area contributed by atoms with E-state index < -0.39 is 0 Å². The average Bonchev–Trinajstić information content (AvgIpc) is 3.80. The molecule has 258 valence electrons. The van der Waals surface area contributed by atoms with Crippen LogP contribution in [0.1, 0.15) is 97.0 Å². The maximum atomic E-state index is 12.3. The Hall–Kier alpha value is -5.07. The number of nitrogens with zero attached hydrogens (tertiary/aromatic N) is 5. The molecule has 1 N–H and O–H groups in total. The van der Waals surface area contributed by atoms with E-state index in [0.717, 1.165) is 61.3 Å². The molecular weight excluding hydrogens is 675 g/mol. The van der Waals surface area contributed by atoms with Gasteiger partial charge in [-0.15, -0.1) is 22.1 Å². The van der Waals surface area contributed by atoms with Gasteiger partial charge < -0.3 is 19.4 Å². The number of aromatic nitrogens is 4. The minimum Gasteiger partial charge on any atom is -0.657 e. The third-order valence-electron chi connectivity index (χ3n) is 9.79. The van der Waals surface area contributed by atoms with Crippen LogP contribution in [0.3, 0.4) is 0 Å². The van der Waals surface area contributed by atoms with Gasteiger partial charge in [-0.05, 0) is 74.8 Å². The van der Waals surface area contributed by atoms with Crippen molar-refractivity contribution in [3.05, 3.63) is 74.4 Å². The summed E-state index contributed by atoms with van der Waals surface area (Å²) in [6, 6.07) is 8.08. The molecule has 0 radical (unpaired) electrons. The van der Waals surface area contributed by atoms with Crippen LogP contribution in [0.5, 0.6) is 0 Å². The number of esters is 2. The van der Waals surface area contributed by atoms with Crippen molar-refractivity contribution in [2.45, 2.75) is 73.1 Å². The molecule has 0 saturated carbocycles. The Bertz CT molecular complexity index is 2280. The molecule has 3 aromatic rings. The number of fused-ring (bicyclic) bond motifs is 8. The molecule has 0 unspecified atom stereocenters. The first-order valence-electron chi connectivity index (χ1n) is 16.5. The molecule has 10 nitrogen and oxygen atoms in total. The van der Waals surface area contributed by atoms with Gasteiger partial charge in [-0.3, -0.25) is 15.0 Å². The van der Waals surface area contributed by atoms with E-state index in [4.69, 9.17) is 34.8 Å². The van der Waals surface area contributed by atoms with Crippen molar-refractivity contribution in [1.82, 2.24) is 19.9 Å². The van der Waals surface area contributed by atoms with Gasteiger partial charge in [0, 0.05) is 18.4 Å². The first kappa shape index (κ1) is 36.2. The second-order valence-corrected chi connectivity index (χ2v) is 12.4. The number of aryl methyl sites for hydroxylation is 4. The van der Waals surface area contributed by atoms with Gasteiger partial charge in [0.1, 0.15) is 6.07 Å². The third kappa shape index (κ3) is 6.13. The maximum absolute atomic E-state index is 12.3. The summed E-state index contributed by atoms with van der Waals surface area (Å²) in [7, 11) is 2.76. The van der Waals surface area contributed by atoms with E-state index in [9.17, 15) is 14.9 Å². The van der Waals surface area contributed by atoms with Crippen molar-refractivity contribution in [2.24, 2.45) is 0 Å². The molecule has 8 bridgehead atoms. The van der Waals surface area contributed by atoms with Crippen LogP contribution in [0.4, 0.5) is 0 Å². The van der Waals surface area contributed by atoms with E-state index in [2.05, 4.69) is 13.0 Å². The fourth-order valence-electron chi connectivity index (χ4n) is 7.00. The molecule has 2 aliphatic heterocycles. The molecular formula is C39H38N6NiO4. The zero-order chi connectivity index (χ0) is 35.1. The summed E-state index contributed by atoms with van der Waals surface area (Å²) in [6.45, 7) is 10.1. The van der Waals surface area contributed by atoms with Crippen LogP contribution in [-0.4, -0.2) is 41.8 Å². The van der Waals surface area contributed by atoms with Gasteiger partial charge in [0.05, 0.1) is 48.3 Å². The SMILES string of the molecule is CCC1=C2C(=N)C(C#N)=Cc3c2nc1cc1[n-]c(cc2nc(cc4[n-]c3c(CC)c4C)C(C)=C2CCC(=O)OC)c(CCC(=O)OC)c1C.[Ni+2]. The summed E-state index contributed by atoms with van der Waals surface area (Å²) in [4.78, 5) is 45.0. The molecule has 6 rings (SSSR count). The summed E-state index contributed by atoms with van der Waals surface area (Å²) >= 11 is 0. The van der Waals surface area contributed by atoms with Gasteiger partial charge in [-0.2, -0.15) is 5.26 Å². The molecule has 0 atom stereocenters. The predicted molar refractivity (Wildman–Crippen MR) is 190 cm³/mol. The second-order valence-electron chi connectivity index (χ2n) is 12.4. The van der Waals surface area contributed by atoms with Crippen molar-refractivity contribution >= 4 is 68.1 Å². The molecule has 0 fully saturated rings. The topological polar surface area (TPSA) is 154 Å². The van der Waals surface area contributed by atoms with E-state index in [1.54, 1.807) is 6.08 Å². The Morgan fingerprint density at radius 3 is 2.06 bits per heavy atom. The first-order valence-corrected chi connectivity index (χ1v) is 16.5. The molecule has 11 heteroatoms. The smallest absolute Gasteiger partial charge is 0.657 e. The number of allylic oxidation sites excluding steroid dienone is 5. The Kier molecular flexibility index (Phi) is 10.4. The quantitative estimate of drug-likeness (QED) is 0.192. The Balaban J connectivity index is 0.00000486. The van der Waals surface area contributed by atoms with E-state index in [-0.39, 0.29) is 52.6 Å². The van der Waals surface area contributed by atoms with Crippen molar-refractivity contribution in [3.63, 3.8) is 0 Å². The van der Waals surface area contributed by atoms with Crippen LogP contribution in [0.2, 0.25) is 0 Å². The molecule has 5 heterocycles. The van der Waals surface area contributed by atoms with Crippen LogP contribution >= 0.6 is 0 Å². The first-order chi connectivity index (χ1) is 23.5. The van der Waals surface area contributed by atoms with Crippen molar-refractivity contribution < 1.29 is 35.6 Å². The van der Waals surface area contributed by atoms with Crippen LogP contribution in [0.15, 0.2) is 23.8 Å². The minimum absolute atomic E-state index is 0. The van der Waals surface area contributed by atoms with Crippen molar-refractivity contribution in [2.75, 3.05) is 14.2 Å². The molecule has 0 saturated heterocycles. The number of nitriles is 1. The molecule has 3 aromatic heterocycles. The number of ether oxygens (including phenoxy) is 2. The number of carbonyl (C=O) groups is 2. The van der Waals surface area contributed by atoms with Crippen LogP contribution in [0.25, 0.3) is 50.4 Å². The summed E-state index contributed by atoms with van der Waals surface area (Å²) in [5.74, 6) is -0.633. The third-order valence-corrected chi connectivity index (χ3v) is 9.79. The summed E-state index contributed by atoms with van der Waals surface area (Å²) in [6.07, 6.45) is 4.24. The predicted octanol–water partition coefficient (Wildman–Crippen LogP) is 7.00. The summed E-state index contributed by atoms with van der Waals surface area (Å²) in [5, 5.41) is 19.2. The second kappa shape index (κ2) is 14.4. The minimum atomic E-state index is -0.322. The molecule has 3 aliphatic rings. The number of carbonyl (C=O) groups excluding carboxylic acids is 2. The van der Waals surface area contributed by atoms with E-state index in [1.165, 1.54) is 14.2 Å². The summed E-state index contributed by atoms with van der Waals surface area (Å²) in [5.41, 5.74) is 13.9. The van der Waals surface area contributed by atoms with Gasteiger partial charge in [-0.25, -0.2) is 9.97 Å². The van der Waals surface area contributed by atoms with Crippen LogP contribution in [0, 0.1) is 30.6 Å². The Morgan fingerprint density at radius 2 is 1.42 bits per heavy atom. The van der Waals surface area contributed by atoms with Gasteiger partial charge in [0.15, 0.2) is 0 Å². The zero-order valence-electron chi connectivity index (χ0n) is 29.2. The Labute approximate surface area is 301 Å². The number of rotatable bonds is 8. The molecule has 0 aromatic carbocycles. The Morgan fingerprint density at radius 1 is 0.820 bits per heavy atom. The fourth-order valence-corrected chi connectivity index (χ4v) is 7.00. The monoisotopic (exact) mass is 712 g/mol. The fraction of sp³-hybridized carbons (Fsp3) is 0.333. The van der Waals surface area contributed by atoms with Gasteiger partial charge in [-0.1, -0.05) is 54.3 Å².